The average molecular weight is 463 g/mol. The van der Waals surface area contributed by atoms with E-state index in [4.69, 9.17) is 9.72 Å². The molecule has 34 heavy (non-hydrogen) atoms. The number of anilines is 1. The molecule has 2 aromatic carbocycles. The first kappa shape index (κ1) is 25.3. The molecule has 0 radical (unpaired) electrons. The van der Waals surface area contributed by atoms with Gasteiger partial charge in [-0.05, 0) is 37.8 Å². The first-order chi connectivity index (χ1) is 16.6. The van der Waals surface area contributed by atoms with Gasteiger partial charge >= 0.3 is 6.03 Å². The van der Waals surface area contributed by atoms with Crippen molar-refractivity contribution < 1.29 is 9.53 Å². The van der Waals surface area contributed by atoms with Crippen LogP contribution < -0.4 is 15.4 Å². The lowest BCUT2D eigenvalue weighted by Crippen LogP contribution is -2.30. The van der Waals surface area contributed by atoms with E-state index in [-0.39, 0.29) is 6.03 Å². The Morgan fingerprint density at radius 1 is 1.00 bits per heavy atom. The van der Waals surface area contributed by atoms with Crippen LogP contribution in [0.1, 0.15) is 57.2 Å². The van der Waals surface area contributed by atoms with E-state index in [9.17, 15) is 4.79 Å². The second-order valence-electron chi connectivity index (χ2n) is 8.59. The normalized spacial score (nSPS) is 10.8. The predicted molar refractivity (Wildman–Crippen MR) is 139 cm³/mol. The van der Waals surface area contributed by atoms with Crippen LogP contribution in [0.5, 0.6) is 5.75 Å². The zero-order chi connectivity index (χ0) is 24.2. The van der Waals surface area contributed by atoms with Gasteiger partial charge in [0.1, 0.15) is 5.75 Å². The molecule has 2 N–H and O–H groups in total. The van der Waals surface area contributed by atoms with Gasteiger partial charge in [-0.25, -0.2) is 9.78 Å². The maximum absolute atomic E-state index is 12.3. The number of aryl methyl sites for hydroxylation is 2. The number of urea groups is 1. The van der Waals surface area contributed by atoms with Gasteiger partial charge < -0.3 is 19.9 Å². The van der Waals surface area contributed by atoms with Crippen molar-refractivity contribution in [2.24, 2.45) is 0 Å². The largest absolute Gasteiger partial charge is 0.491 e. The molecule has 1 aromatic heterocycles. The highest BCUT2D eigenvalue weighted by atomic mass is 16.5. The van der Waals surface area contributed by atoms with Crippen LogP contribution in [0.25, 0.3) is 11.3 Å². The highest BCUT2D eigenvalue weighted by Crippen LogP contribution is 2.28. The van der Waals surface area contributed by atoms with Gasteiger partial charge in [0.2, 0.25) is 0 Å². The fraction of sp³-hybridized carbons (Fsp3) is 0.429. The summed E-state index contributed by atoms with van der Waals surface area (Å²) in [5.74, 6) is 0.702. The first-order valence-electron chi connectivity index (χ1n) is 12.5. The molecule has 3 rings (SSSR count). The van der Waals surface area contributed by atoms with Crippen molar-refractivity contribution in [1.29, 1.82) is 0 Å². The van der Waals surface area contributed by atoms with E-state index >= 15 is 0 Å². The van der Waals surface area contributed by atoms with Gasteiger partial charge in [-0.1, -0.05) is 75.6 Å². The van der Waals surface area contributed by atoms with Crippen molar-refractivity contribution in [3.63, 3.8) is 0 Å². The molecule has 3 aromatic rings. The number of imidazole rings is 1. The molecular formula is C28H38N4O2. The zero-order valence-corrected chi connectivity index (χ0v) is 20.8. The topological polar surface area (TPSA) is 68.2 Å². The maximum Gasteiger partial charge on any atom is 0.319 e. The van der Waals surface area contributed by atoms with Gasteiger partial charge in [0.15, 0.2) is 0 Å². The van der Waals surface area contributed by atoms with Gasteiger partial charge in [0, 0.05) is 24.3 Å². The van der Waals surface area contributed by atoms with Crippen LogP contribution >= 0.6 is 0 Å². The molecule has 0 atom stereocenters. The van der Waals surface area contributed by atoms with E-state index in [0.29, 0.717) is 18.9 Å². The van der Waals surface area contributed by atoms with E-state index in [1.165, 1.54) is 5.69 Å². The van der Waals surface area contributed by atoms with Crippen LogP contribution in [-0.2, 0) is 13.0 Å². The molecule has 0 aliphatic rings. The molecule has 6 heteroatoms. The van der Waals surface area contributed by atoms with Crippen molar-refractivity contribution in [3.8, 4) is 17.0 Å². The minimum atomic E-state index is -0.189. The number of hydrogen-bond donors (Lipinski definition) is 2. The Morgan fingerprint density at radius 2 is 1.82 bits per heavy atom. The van der Waals surface area contributed by atoms with Crippen LogP contribution in [0, 0.1) is 6.92 Å². The Morgan fingerprint density at radius 3 is 2.59 bits per heavy atom. The van der Waals surface area contributed by atoms with Gasteiger partial charge in [0.25, 0.3) is 0 Å². The molecule has 0 saturated heterocycles. The molecule has 6 nitrogen and oxygen atoms in total. The summed E-state index contributed by atoms with van der Waals surface area (Å²) in [6, 6.07) is 16.0. The van der Waals surface area contributed by atoms with Crippen molar-refractivity contribution >= 4 is 11.7 Å². The van der Waals surface area contributed by atoms with Crippen LogP contribution in [-0.4, -0.2) is 28.7 Å². The van der Waals surface area contributed by atoms with Crippen LogP contribution in [0.2, 0.25) is 0 Å². The van der Waals surface area contributed by atoms with E-state index in [2.05, 4.69) is 53.3 Å². The summed E-state index contributed by atoms with van der Waals surface area (Å²) in [5.41, 5.74) is 5.21. The summed E-state index contributed by atoms with van der Waals surface area (Å²) >= 11 is 0. The number of nitrogens with zero attached hydrogens (tertiary/aromatic N) is 2. The van der Waals surface area contributed by atoms with Gasteiger partial charge in [-0.15, -0.1) is 0 Å². The number of hydrogen-bond acceptors (Lipinski definition) is 3. The van der Waals surface area contributed by atoms with Crippen molar-refractivity contribution in [3.05, 3.63) is 66.1 Å². The van der Waals surface area contributed by atoms with Gasteiger partial charge in [-0.3, -0.25) is 0 Å². The Balaban J connectivity index is 1.57. The number of amides is 2. The zero-order valence-electron chi connectivity index (χ0n) is 20.8. The third-order valence-electron chi connectivity index (χ3n) is 5.82. The molecular weight excluding hydrogens is 424 g/mol. The fourth-order valence-corrected chi connectivity index (χ4v) is 4.01. The van der Waals surface area contributed by atoms with Crippen LogP contribution in [0.15, 0.2) is 54.9 Å². The molecule has 2 amide bonds. The highest BCUT2D eigenvalue weighted by Gasteiger charge is 2.13. The number of rotatable bonds is 13. The molecule has 0 saturated carbocycles. The first-order valence-corrected chi connectivity index (χ1v) is 12.5. The van der Waals surface area contributed by atoms with Crippen molar-refractivity contribution in [1.82, 2.24) is 14.9 Å². The summed E-state index contributed by atoms with van der Waals surface area (Å²) in [4.78, 5) is 17.0. The van der Waals surface area contributed by atoms with E-state index < -0.39 is 0 Å². The second-order valence-corrected chi connectivity index (χ2v) is 8.59. The van der Waals surface area contributed by atoms with Gasteiger partial charge in [-0.2, -0.15) is 0 Å². The lowest BCUT2D eigenvalue weighted by Gasteiger charge is -2.16. The second kappa shape index (κ2) is 13.4. The number of benzene rings is 2. The van der Waals surface area contributed by atoms with Crippen molar-refractivity contribution in [2.75, 3.05) is 18.5 Å². The number of carbonyl (C=O) groups excluding carboxylic acids is 1. The lowest BCUT2D eigenvalue weighted by atomic mass is 10.1. The molecule has 0 spiro atoms. The minimum absolute atomic E-state index is 0.189. The number of unbranched alkanes of at least 4 members (excludes halogenated alkanes) is 2. The number of carbonyl (C=O) groups is 1. The number of aromatic nitrogens is 2. The third-order valence-corrected chi connectivity index (χ3v) is 5.82. The lowest BCUT2D eigenvalue weighted by molar-refractivity contribution is 0.251. The Hall–Kier alpha value is -3.28. The minimum Gasteiger partial charge on any atom is -0.491 e. The predicted octanol–water partition coefficient (Wildman–Crippen LogP) is 6.59. The smallest absolute Gasteiger partial charge is 0.319 e. The summed E-state index contributed by atoms with van der Waals surface area (Å²) in [5, 5.41) is 5.90. The Bertz CT molecular complexity index is 1030. The van der Waals surface area contributed by atoms with Crippen LogP contribution in [0.4, 0.5) is 10.5 Å². The molecule has 0 fully saturated rings. The molecule has 0 aliphatic carbocycles. The third kappa shape index (κ3) is 7.11. The van der Waals surface area contributed by atoms with Gasteiger partial charge in [0.05, 0.1) is 24.3 Å². The number of para-hydroxylation sites is 1. The van der Waals surface area contributed by atoms with Crippen molar-refractivity contribution in [2.45, 2.75) is 65.8 Å². The summed E-state index contributed by atoms with van der Waals surface area (Å²) < 4.78 is 8.34. The van der Waals surface area contributed by atoms with E-state index in [0.717, 1.165) is 67.6 Å². The summed E-state index contributed by atoms with van der Waals surface area (Å²) in [6.45, 7) is 8.39. The summed E-state index contributed by atoms with van der Waals surface area (Å²) in [7, 11) is 0. The Labute approximate surface area is 203 Å². The summed E-state index contributed by atoms with van der Waals surface area (Å²) in [6.07, 6.45) is 8.08. The number of ether oxygens (including phenoxy) is 1. The average Bonchev–Trinajstić information content (AvgIpc) is 3.24. The quantitative estimate of drug-likeness (QED) is 0.282. The standard InChI is InChI=1S/C28H38N4O2/c1-4-6-10-18-29-28(33)31-26-22(3)14-11-17-25(26)34-20-12-19-32-21-30-27(24(32)13-5-2)23-15-8-7-9-16-23/h7-9,11,14-17,21H,4-6,10,12-13,18-20H2,1-3H3,(H2,29,31,33). The highest BCUT2D eigenvalue weighted by molar-refractivity contribution is 5.91. The molecule has 0 bridgehead atoms. The molecule has 1 heterocycles. The van der Waals surface area contributed by atoms with E-state index in [1.54, 1.807) is 0 Å². The maximum atomic E-state index is 12.3. The molecule has 0 unspecified atom stereocenters. The van der Waals surface area contributed by atoms with Crippen LogP contribution in [0.3, 0.4) is 0 Å². The fourth-order valence-electron chi connectivity index (χ4n) is 4.01. The molecule has 0 aliphatic heterocycles. The Kier molecular flexibility index (Phi) is 10.0. The monoisotopic (exact) mass is 462 g/mol. The SMILES string of the molecule is CCCCCNC(=O)Nc1c(C)cccc1OCCCn1cnc(-c2ccccc2)c1CCC. The molecule has 182 valence electrons. The number of nitrogens with one attached hydrogen (secondary N) is 2. The van der Waals surface area contributed by atoms with E-state index in [1.807, 2.05) is 37.5 Å².